The number of phenolic OH excluding ortho intramolecular Hbond substituents is 1. The van der Waals surface area contributed by atoms with Crippen LogP contribution < -0.4 is 0 Å². The van der Waals surface area contributed by atoms with E-state index in [1.54, 1.807) is 6.07 Å². The zero-order valence-corrected chi connectivity index (χ0v) is 10.4. The molecule has 0 saturated carbocycles. The summed E-state index contributed by atoms with van der Waals surface area (Å²) in [7, 11) is 0. The van der Waals surface area contributed by atoms with Crippen LogP contribution in [0.15, 0.2) is 24.3 Å². The van der Waals surface area contributed by atoms with Gasteiger partial charge in [-0.15, -0.1) is 0 Å². The fraction of sp³-hybridized carbons (Fsp3) is 0.571. The van der Waals surface area contributed by atoms with Gasteiger partial charge in [-0.25, -0.2) is 0 Å². The van der Waals surface area contributed by atoms with Crippen LogP contribution in [0.25, 0.3) is 0 Å². The van der Waals surface area contributed by atoms with Crippen LogP contribution >= 0.6 is 0 Å². The van der Waals surface area contributed by atoms with Gasteiger partial charge in [-0.05, 0) is 44.0 Å². The van der Waals surface area contributed by atoms with E-state index in [0.717, 1.165) is 31.6 Å². The van der Waals surface area contributed by atoms with Crippen molar-refractivity contribution in [3.8, 4) is 5.75 Å². The van der Waals surface area contributed by atoms with Crippen LogP contribution in [0.5, 0.6) is 5.75 Å². The first kappa shape index (κ1) is 13.0. The van der Waals surface area contributed by atoms with E-state index in [9.17, 15) is 5.11 Å². The van der Waals surface area contributed by atoms with Crippen LogP contribution in [0.2, 0.25) is 0 Å². The van der Waals surface area contributed by atoms with E-state index >= 15 is 0 Å². The number of hydrogen-bond acceptors (Lipinski definition) is 2. The predicted octanol–water partition coefficient (Wildman–Crippen LogP) is 3.06. The normalized spacial score (nSPS) is 10.9. The van der Waals surface area contributed by atoms with Crippen LogP contribution in [-0.2, 0) is 6.42 Å². The Labute approximate surface area is 98.9 Å². The molecule has 0 radical (unpaired) electrons. The third kappa shape index (κ3) is 4.23. The maximum atomic E-state index is 9.66. The molecule has 0 fully saturated rings. The highest BCUT2D eigenvalue weighted by Gasteiger charge is 2.05. The van der Waals surface area contributed by atoms with Crippen LogP contribution in [0.4, 0.5) is 0 Å². The van der Waals surface area contributed by atoms with Gasteiger partial charge in [0.2, 0.25) is 0 Å². The zero-order valence-electron chi connectivity index (χ0n) is 10.4. The first-order valence-electron chi connectivity index (χ1n) is 6.27. The maximum absolute atomic E-state index is 9.66. The highest BCUT2D eigenvalue weighted by Crippen LogP contribution is 2.16. The summed E-state index contributed by atoms with van der Waals surface area (Å²) in [5.74, 6) is 0.426. The molecule has 0 unspecified atom stereocenters. The molecule has 16 heavy (non-hydrogen) atoms. The average Bonchev–Trinajstić information content (AvgIpc) is 2.28. The fourth-order valence-corrected chi connectivity index (χ4v) is 1.97. The zero-order chi connectivity index (χ0) is 11.8. The lowest BCUT2D eigenvalue weighted by Gasteiger charge is -2.20. The maximum Gasteiger partial charge on any atom is 0.118 e. The molecule has 1 rings (SSSR count). The van der Waals surface area contributed by atoms with E-state index in [4.69, 9.17) is 0 Å². The molecule has 0 aliphatic carbocycles. The Morgan fingerprint density at radius 1 is 1.00 bits per heavy atom. The quantitative estimate of drug-likeness (QED) is 0.765. The van der Waals surface area contributed by atoms with Crippen molar-refractivity contribution in [2.45, 2.75) is 33.1 Å². The Morgan fingerprint density at radius 2 is 1.62 bits per heavy atom. The number of hydrogen-bond donors (Lipinski definition) is 1. The summed E-state index contributed by atoms with van der Waals surface area (Å²) in [4.78, 5) is 2.46. The van der Waals surface area contributed by atoms with Crippen molar-refractivity contribution >= 4 is 0 Å². The van der Waals surface area contributed by atoms with Gasteiger partial charge in [0.05, 0.1) is 0 Å². The van der Waals surface area contributed by atoms with Crippen molar-refractivity contribution in [2.24, 2.45) is 0 Å². The Kier molecular flexibility index (Phi) is 5.94. The molecule has 90 valence electrons. The van der Waals surface area contributed by atoms with Crippen molar-refractivity contribution in [3.05, 3.63) is 29.8 Å². The fourth-order valence-electron chi connectivity index (χ4n) is 1.97. The van der Waals surface area contributed by atoms with Gasteiger partial charge in [-0.2, -0.15) is 0 Å². The minimum atomic E-state index is 0.426. The second-order valence-electron chi connectivity index (χ2n) is 4.22. The number of nitrogens with zero attached hydrogens (tertiary/aromatic N) is 1. The average molecular weight is 221 g/mol. The van der Waals surface area contributed by atoms with E-state index < -0.39 is 0 Å². The molecule has 1 aromatic carbocycles. The molecule has 0 amide bonds. The lowest BCUT2D eigenvalue weighted by atomic mass is 10.1. The highest BCUT2D eigenvalue weighted by molar-refractivity contribution is 5.31. The lowest BCUT2D eigenvalue weighted by Crippen LogP contribution is -2.27. The first-order valence-corrected chi connectivity index (χ1v) is 6.27. The molecule has 2 heteroatoms. The minimum absolute atomic E-state index is 0.426. The van der Waals surface area contributed by atoms with Crippen LogP contribution in [0.1, 0.15) is 32.3 Å². The van der Waals surface area contributed by atoms with Crippen LogP contribution in [-0.4, -0.2) is 29.6 Å². The summed E-state index contributed by atoms with van der Waals surface area (Å²) >= 11 is 0. The van der Waals surface area contributed by atoms with E-state index in [2.05, 4.69) is 18.7 Å². The van der Waals surface area contributed by atoms with Gasteiger partial charge in [0.1, 0.15) is 5.75 Å². The van der Waals surface area contributed by atoms with Crippen molar-refractivity contribution < 1.29 is 5.11 Å². The third-order valence-corrected chi connectivity index (χ3v) is 2.77. The van der Waals surface area contributed by atoms with E-state index in [1.165, 1.54) is 12.8 Å². The molecule has 0 atom stereocenters. The van der Waals surface area contributed by atoms with Gasteiger partial charge < -0.3 is 10.0 Å². The molecule has 0 bridgehead atoms. The van der Waals surface area contributed by atoms with Crippen molar-refractivity contribution in [3.63, 3.8) is 0 Å². The van der Waals surface area contributed by atoms with Crippen molar-refractivity contribution in [1.82, 2.24) is 4.90 Å². The smallest absolute Gasteiger partial charge is 0.118 e. The SMILES string of the molecule is CCCN(CCC)CCc1ccccc1O. The predicted molar refractivity (Wildman–Crippen MR) is 68.8 cm³/mol. The summed E-state index contributed by atoms with van der Waals surface area (Å²) < 4.78 is 0. The Balaban J connectivity index is 2.45. The van der Waals surface area contributed by atoms with Gasteiger partial charge in [-0.1, -0.05) is 32.0 Å². The lowest BCUT2D eigenvalue weighted by molar-refractivity contribution is 0.277. The highest BCUT2D eigenvalue weighted by atomic mass is 16.3. The number of benzene rings is 1. The summed E-state index contributed by atoms with van der Waals surface area (Å²) in [6, 6.07) is 7.62. The van der Waals surface area contributed by atoms with Gasteiger partial charge in [0, 0.05) is 6.54 Å². The first-order chi connectivity index (χ1) is 7.77. The Hall–Kier alpha value is -1.02. The Bertz CT molecular complexity index is 293. The molecule has 0 saturated heterocycles. The van der Waals surface area contributed by atoms with Crippen LogP contribution in [0, 0.1) is 0 Å². The van der Waals surface area contributed by atoms with Crippen molar-refractivity contribution in [2.75, 3.05) is 19.6 Å². The molecular weight excluding hydrogens is 198 g/mol. The van der Waals surface area contributed by atoms with Gasteiger partial charge in [0.25, 0.3) is 0 Å². The standard InChI is InChI=1S/C14H23NO/c1-3-10-15(11-4-2)12-9-13-7-5-6-8-14(13)16/h5-8,16H,3-4,9-12H2,1-2H3. The van der Waals surface area contributed by atoms with Gasteiger partial charge in [0.15, 0.2) is 0 Å². The molecule has 1 N–H and O–H groups in total. The van der Waals surface area contributed by atoms with Gasteiger partial charge >= 0.3 is 0 Å². The number of phenols is 1. The molecule has 2 nitrogen and oxygen atoms in total. The monoisotopic (exact) mass is 221 g/mol. The summed E-state index contributed by atoms with van der Waals surface area (Å²) in [6.45, 7) is 7.77. The van der Waals surface area contributed by atoms with E-state index in [0.29, 0.717) is 5.75 Å². The number of rotatable bonds is 7. The van der Waals surface area contributed by atoms with E-state index in [-0.39, 0.29) is 0 Å². The molecule has 0 heterocycles. The number of para-hydroxylation sites is 1. The largest absolute Gasteiger partial charge is 0.508 e. The topological polar surface area (TPSA) is 23.5 Å². The third-order valence-electron chi connectivity index (χ3n) is 2.77. The molecule has 0 spiro atoms. The molecule has 1 aromatic rings. The van der Waals surface area contributed by atoms with E-state index in [1.807, 2.05) is 18.2 Å². The second-order valence-corrected chi connectivity index (χ2v) is 4.22. The van der Waals surface area contributed by atoms with Crippen molar-refractivity contribution in [1.29, 1.82) is 0 Å². The molecule has 0 aliphatic heterocycles. The van der Waals surface area contributed by atoms with Crippen LogP contribution in [0.3, 0.4) is 0 Å². The summed E-state index contributed by atoms with van der Waals surface area (Å²) in [5, 5.41) is 9.66. The molecule has 0 aromatic heterocycles. The Morgan fingerprint density at radius 3 is 2.19 bits per heavy atom. The second kappa shape index (κ2) is 7.29. The summed E-state index contributed by atoms with van der Waals surface area (Å²) in [5.41, 5.74) is 1.06. The molecule has 0 aliphatic rings. The molecular formula is C14H23NO. The number of aromatic hydroxyl groups is 1. The minimum Gasteiger partial charge on any atom is -0.508 e. The van der Waals surface area contributed by atoms with Gasteiger partial charge in [-0.3, -0.25) is 0 Å². The summed E-state index contributed by atoms with van der Waals surface area (Å²) in [6.07, 6.45) is 3.33.